The molecule has 0 aromatic carbocycles. The highest BCUT2D eigenvalue weighted by Crippen LogP contribution is 2.28. The zero-order valence-electron chi connectivity index (χ0n) is 7.12. The summed E-state index contributed by atoms with van der Waals surface area (Å²) in [7, 11) is 1.42. The van der Waals surface area contributed by atoms with Gasteiger partial charge in [0.25, 0.3) is 6.48 Å². The molecule has 13 heavy (non-hydrogen) atoms. The predicted molar refractivity (Wildman–Crippen MR) is 38.5 cm³/mol. The van der Waals surface area contributed by atoms with Crippen LogP contribution in [0.1, 0.15) is 0 Å². The number of hydrogen-bond acceptors (Lipinski definition) is 6. The maximum atomic E-state index is 9.41. The first-order chi connectivity index (χ1) is 6.22. The number of aliphatic hydroxyl groups is 2. The number of rotatable bonds is 1. The molecule has 76 valence electrons. The quantitative estimate of drug-likeness (QED) is 0.521. The summed E-state index contributed by atoms with van der Waals surface area (Å²) in [4.78, 5) is 0. The van der Waals surface area contributed by atoms with Gasteiger partial charge in [0.05, 0.1) is 6.61 Å². The van der Waals surface area contributed by atoms with Crippen LogP contribution in [0.25, 0.3) is 0 Å². The van der Waals surface area contributed by atoms with E-state index in [1.165, 1.54) is 7.11 Å². The second-order valence-electron chi connectivity index (χ2n) is 3.02. The Labute approximate surface area is 75.0 Å². The molecule has 6 nitrogen and oxygen atoms in total. The average molecular weight is 192 g/mol. The van der Waals surface area contributed by atoms with Gasteiger partial charge in [0.15, 0.2) is 6.29 Å². The third-order valence-electron chi connectivity index (χ3n) is 2.15. The van der Waals surface area contributed by atoms with Gasteiger partial charge in [-0.05, 0) is 0 Å². The van der Waals surface area contributed by atoms with Crippen molar-refractivity contribution in [1.82, 2.24) is 0 Å². The Balaban J connectivity index is 2.05. The minimum absolute atomic E-state index is 0.0438. The van der Waals surface area contributed by atoms with Crippen molar-refractivity contribution in [2.45, 2.75) is 31.1 Å². The number of aliphatic hydroxyl groups excluding tert-OH is 2. The topological polar surface area (TPSA) is 77.4 Å². The van der Waals surface area contributed by atoms with Gasteiger partial charge >= 0.3 is 0 Å². The third kappa shape index (κ3) is 1.56. The molecule has 2 heterocycles. The zero-order valence-corrected chi connectivity index (χ0v) is 7.12. The molecule has 2 saturated heterocycles. The molecule has 0 aromatic heterocycles. The Morgan fingerprint density at radius 1 is 1.23 bits per heavy atom. The molecule has 0 bridgehead atoms. The fourth-order valence-electron chi connectivity index (χ4n) is 1.48. The molecule has 2 aliphatic heterocycles. The van der Waals surface area contributed by atoms with Crippen molar-refractivity contribution >= 4 is 0 Å². The summed E-state index contributed by atoms with van der Waals surface area (Å²) < 4.78 is 19.9. The van der Waals surface area contributed by atoms with Crippen LogP contribution in [0.2, 0.25) is 0 Å². The van der Waals surface area contributed by atoms with Crippen LogP contribution < -0.4 is 0 Å². The fourth-order valence-corrected chi connectivity index (χ4v) is 1.48. The van der Waals surface area contributed by atoms with Gasteiger partial charge in [-0.2, -0.15) is 0 Å². The van der Waals surface area contributed by atoms with E-state index < -0.39 is 31.1 Å². The SMILES string of the molecule is COC1OC2C(O)COC(O)C2O1. The van der Waals surface area contributed by atoms with Crippen LogP contribution in [-0.2, 0) is 18.9 Å². The molecule has 0 spiro atoms. The van der Waals surface area contributed by atoms with Gasteiger partial charge in [-0.1, -0.05) is 0 Å². The van der Waals surface area contributed by atoms with Crippen molar-refractivity contribution in [2.75, 3.05) is 13.7 Å². The van der Waals surface area contributed by atoms with Gasteiger partial charge in [-0.15, -0.1) is 0 Å². The van der Waals surface area contributed by atoms with Crippen molar-refractivity contribution in [2.24, 2.45) is 0 Å². The fraction of sp³-hybridized carbons (Fsp3) is 1.00. The van der Waals surface area contributed by atoms with Crippen molar-refractivity contribution < 1.29 is 29.2 Å². The minimum atomic E-state index is -1.06. The molecule has 5 unspecified atom stereocenters. The van der Waals surface area contributed by atoms with Crippen LogP contribution in [0.4, 0.5) is 0 Å². The van der Waals surface area contributed by atoms with E-state index in [0.29, 0.717) is 0 Å². The van der Waals surface area contributed by atoms with Gasteiger partial charge in [0, 0.05) is 7.11 Å². The lowest BCUT2D eigenvalue weighted by molar-refractivity contribution is -0.245. The van der Waals surface area contributed by atoms with E-state index in [2.05, 4.69) is 0 Å². The van der Waals surface area contributed by atoms with Crippen molar-refractivity contribution in [3.63, 3.8) is 0 Å². The lowest BCUT2D eigenvalue weighted by Gasteiger charge is -2.30. The van der Waals surface area contributed by atoms with Crippen molar-refractivity contribution in [1.29, 1.82) is 0 Å². The summed E-state index contributed by atoms with van der Waals surface area (Å²) in [6.45, 7) is -0.789. The Kier molecular flexibility index (Phi) is 2.50. The summed E-state index contributed by atoms with van der Waals surface area (Å²) in [5.74, 6) is 0. The van der Waals surface area contributed by atoms with Gasteiger partial charge in [-0.25, -0.2) is 0 Å². The zero-order chi connectivity index (χ0) is 9.42. The van der Waals surface area contributed by atoms with E-state index in [1.54, 1.807) is 0 Å². The molecule has 2 aliphatic rings. The summed E-state index contributed by atoms with van der Waals surface area (Å²) >= 11 is 0. The first kappa shape index (κ1) is 9.32. The van der Waals surface area contributed by atoms with Crippen LogP contribution in [0.3, 0.4) is 0 Å². The molecule has 2 rings (SSSR count). The van der Waals surface area contributed by atoms with Crippen molar-refractivity contribution in [3.05, 3.63) is 0 Å². The van der Waals surface area contributed by atoms with Crippen LogP contribution in [0.15, 0.2) is 0 Å². The lowest BCUT2D eigenvalue weighted by atomic mass is 10.1. The van der Waals surface area contributed by atoms with Gasteiger partial charge < -0.3 is 29.2 Å². The molecular weight excluding hydrogens is 180 g/mol. The first-order valence-corrected chi connectivity index (χ1v) is 4.04. The molecule has 5 atom stereocenters. The number of fused-ring (bicyclic) bond motifs is 1. The van der Waals surface area contributed by atoms with Gasteiger partial charge in [-0.3, -0.25) is 0 Å². The smallest absolute Gasteiger partial charge is 0.272 e. The molecule has 2 fully saturated rings. The van der Waals surface area contributed by atoms with Crippen LogP contribution in [0.5, 0.6) is 0 Å². The van der Waals surface area contributed by atoms with Gasteiger partial charge in [0.2, 0.25) is 0 Å². The van der Waals surface area contributed by atoms with E-state index in [0.717, 1.165) is 0 Å². The lowest BCUT2D eigenvalue weighted by Crippen LogP contribution is -2.51. The summed E-state index contributed by atoms with van der Waals surface area (Å²) in [6.07, 6.45) is -3.09. The van der Waals surface area contributed by atoms with E-state index >= 15 is 0 Å². The maximum absolute atomic E-state index is 9.41. The first-order valence-electron chi connectivity index (χ1n) is 4.04. The predicted octanol–water partition coefficient (Wildman–Crippen LogP) is -1.59. The third-order valence-corrected chi connectivity index (χ3v) is 2.15. The Bertz CT molecular complexity index is 168. The molecule has 2 N–H and O–H groups in total. The largest absolute Gasteiger partial charge is 0.388 e. The second kappa shape index (κ2) is 3.49. The molecule has 0 amide bonds. The average Bonchev–Trinajstić information content (AvgIpc) is 2.56. The summed E-state index contributed by atoms with van der Waals surface area (Å²) in [5.41, 5.74) is 0. The molecular formula is C7H12O6. The van der Waals surface area contributed by atoms with Crippen LogP contribution in [-0.4, -0.2) is 55.0 Å². The minimum Gasteiger partial charge on any atom is -0.388 e. The number of methoxy groups -OCH3 is 1. The van der Waals surface area contributed by atoms with Crippen LogP contribution in [0, 0.1) is 0 Å². The summed E-state index contributed by atoms with van der Waals surface area (Å²) in [5, 5.41) is 18.7. The summed E-state index contributed by atoms with van der Waals surface area (Å²) in [6, 6.07) is 0. The van der Waals surface area contributed by atoms with E-state index in [4.69, 9.17) is 18.9 Å². The maximum Gasteiger partial charge on any atom is 0.272 e. The van der Waals surface area contributed by atoms with E-state index in [1.807, 2.05) is 0 Å². The van der Waals surface area contributed by atoms with E-state index in [9.17, 15) is 10.2 Å². The Morgan fingerprint density at radius 3 is 2.54 bits per heavy atom. The second-order valence-corrected chi connectivity index (χ2v) is 3.02. The van der Waals surface area contributed by atoms with Gasteiger partial charge in [0.1, 0.15) is 18.3 Å². The molecule has 0 aliphatic carbocycles. The van der Waals surface area contributed by atoms with Crippen molar-refractivity contribution in [3.8, 4) is 0 Å². The molecule has 0 aromatic rings. The highest BCUT2D eigenvalue weighted by molar-refractivity contribution is 4.87. The standard InChI is InChI=1S/C7H12O6/c1-10-7-12-4-3(8)2-11-6(9)5(4)13-7/h3-9H,2H2,1H3. The highest BCUT2D eigenvalue weighted by atomic mass is 16.9. The highest BCUT2D eigenvalue weighted by Gasteiger charge is 2.48. The normalized spacial score (nSPS) is 50.5. The molecule has 0 saturated carbocycles. The Morgan fingerprint density at radius 2 is 1.92 bits per heavy atom. The molecule has 0 radical (unpaired) electrons. The van der Waals surface area contributed by atoms with E-state index in [-0.39, 0.29) is 6.61 Å². The monoisotopic (exact) mass is 192 g/mol. The number of ether oxygens (including phenoxy) is 4. The van der Waals surface area contributed by atoms with Crippen LogP contribution >= 0.6 is 0 Å². The number of hydrogen-bond donors (Lipinski definition) is 2. The Hall–Kier alpha value is -0.240. The molecule has 6 heteroatoms.